The maximum Gasteiger partial charge on any atom is 0.255 e. The first-order chi connectivity index (χ1) is 18.7. The number of carbonyl (C=O) groups is 2. The number of carbonyl (C=O) groups excluding carboxylic acids is 2. The molecular weight excluding hydrogens is 492 g/mol. The molecule has 5 rings (SSSR count). The molecule has 0 radical (unpaired) electrons. The first-order valence-corrected chi connectivity index (χ1v) is 12.5. The van der Waals surface area contributed by atoms with Gasteiger partial charge in [0.2, 0.25) is 5.91 Å². The number of hydrogen-bond acceptors (Lipinski definition) is 8. The van der Waals surface area contributed by atoms with Crippen molar-refractivity contribution >= 4 is 23.3 Å². The lowest BCUT2D eigenvalue weighted by atomic mass is 9.90. The van der Waals surface area contributed by atoms with E-state index >= 15 is 0 Å². The van der Waals surface area contributed by atoms with E-state index in [2.05, 4.69) is 36.6 Å². The van der Waals surface area contributed by atoms with Crippen molar-refractivity contribution in [3.63, 3.8) is 0 Å². The fourth-order valence-electron chi connectivity index (χ4n) is 3.90. The molecule has 10 heteroatoms. The van der Waals surface area contributed by atoms with Gasteiger partial charge in [-0.15, -0.1) is 0 Å². The molecule has 0 saturated heterocycles. The summed E-state index contributed by atoms with van der Waals surface area (Å²) in [4.78, 5) is 47.1. The predicted molar refractivity (Wildman–Crippen MR) is 145 cm³/mol. The van der Waals surface area contributed by atoms with Crippen LogP contribution in [0.2, 0.25) is 0 Å². The van der Waals surface area contributed by atoms with Gasteiger partial charge in [0.15, 0.2) is 0 Å². The topological polar surface area (TPSA) is 146 Å². The smallest absolute Gasteiger partial charge is 0.255 e. The zero-order valence-electron chi connectivity index (χ0n) is 21.8. The Morgan fingerprint density at radius 2 is 1.77 bits per heavy atom. The van der Waals surface area contributed by atoms with Gasteiger partial charge in [0.1, 0.15) is 12.1 Å². The highest BCUT2D eigenvalue weighted by molar-refractivity contribution is 6.04. The maximum atomic E-state index is 13.0. The first-order valence-electron chi connectivity index (χ1n) is 12.5. The summed E-state index contributed by atoms with van der Waals surface area (Å²) in [6.45, 7) is 5.37. The van der Waals surface area contributed by atoms with Crippen LogP contribution in [0.1, 0.15) is 48.4 Å². The summed E-state index contributed by atoms with van der Waals surface area (Å²) in [5.74, 6) is 0.133. The van der Waals surface area contributed by atoms with Gasteiger partial charge in [-0.3, -0.25) is 19.6 Å². The Morgan fingerprint density at radius 3 is 2.54 bits per heavy atom. The monoisotopic (exact) mass is 518 g/mol. The minimum atomic E-state index is -0.821. The quantitative estimate of drug-likeness (QED) is 0.358. The molecule has 4 aromatic rings. The summed E-state index contributed by atoms with van der Waals surface area (Å²) >= 11 is 0. The molecule has 0 bridgehead atoms. The number of nitriles is 1. The number of hydrogen-bond donors (Lipinski definition) is 2. The minimum absolute atomic E-state index is 0.0290. The molecule has 1 fully saturated rings. The van der Waals surface area contributed by atoms with Crippen molar-refractivity contribution in [1.82, 2.24) is 24.9 Å². The first kappa shape index (κ1) is 25.6. The Labute approximate surface area is 225 Å². The van der Waals surface area contributed by atoms with Gasteiger partial charge in [0.25, 0.3) is 5.91 Å². The zero-order valence-corrected chi connectivity index (χ0v) is 21.8. The third kappa shape index (κ3) is 5.78. The molecule has 4 aromatic heterocycles. The Kier molecular flexibility index (Phi) is 6.81. The highest BCUT2D eigenvalue weighted by Crippen LogP contribution is 2.31. The molecule has 0 unspecified atom stereocenters. The molecule has 0 atom stereocenters. The minimum Gasteiger partial charge on any atom is -0.321 e. The number of nitrogens with one attached hydrogen (secondary N) is 2. The van der Waals surface area contributed by atoms with Crippen molar-refractivity contribution in [3.8, 4) is 28.7 Å². The van der Waals surface area contributed by atoms with Crippen LogP contribution in [0.4, 0.5) is 11.5 Å². The third-order valence-corrected chi connectivity index (χ3v) is 6.44. The number of aryl methyl sites for hydroxylation is 1. The molecule has 39 heavy (non-hydrogen) atoms. The Bertz CT molecular complexity index is 1620. The van der Waals surface area contributed by atoms with Crippen LogP contribution in [0.25, 0.3) is 22.6 Å². The zero-order chi connectivity index (χ0) is 27.6. The number of anilines is 2. The van der Waals surface area contributed by atoms with Crippen LogP contribution in [0.5, 0.6) is 0 Å². The Balaban J connectivity index is 1.38. The summed E-state index contributed by atoms with van der Waals surface area (Å²) in [5.41, 5.74) is 3.89. The van der Waals surface area contributed by atoms with Gasteiger partial charge in [0, 0.05) is 35.0 Å². The molecule has 0 aliphatic heterocycles. The van der Waals surface area contributed by atoms with E-state index in [9.17, 15) is 14.9 Å². The Hall–Kier alpha value is -5.04. The van der Waals surface area contributed by atoms with Crippen LogP contribution in [0, 0.1) is 24.2 Å². The average Bonchev–Trinajstić information content (AvgIpc) is 3.80. The number of pyridine rings is 3. The van der Waals surface area contributed by atoms with E-state index in [0.29, 0.717) is 39.8 Å². The van der Waals surface area contributed by atoms with Gasteiger partial charge in [0.05, 0.1) is 46.1 Å². The van der Waals surface area contributed by atoms with E-state index in [4.69, 9.17) is 4.98 Å². The largest absolute Gasteiger partial charge is 0.321 e. The number of aromatic nitrogens is 5. The van der Waals surface area contributed by atoms with Crippen molar-refractivity contribution in [3.05, 3.63) is 78.1 Å². The molecular formula is C29H26N8O2. The van der Waals surface area contributed by atoms with Crippen molar-refractivity contribution in [2.24, 2.45) is 5.92 Å². The fourth-order valence-corrected chi connectivity index (χ4v) is 3.90. The van der Waals surface area contributed by atoms with Gasteiger partial charge in [-0.05, 0) is 63.9 Å². The second-order valence-electron chi connectivity index (χ2n) is 9.94. The van der Waals surface area contributed by atoms with E-state index in [1.54, 1.807) is 38.2 Å². The summed E-state index contributed by atoms with van der Waals surface area (Å²) in [6.07, 6.45) is 6.32. The van der Waals surface area contributed by atoms with Gasteiger partial charge in [-0.2, -0.15) is 5.26 Å². The van der Waals surface area contributed by atoms with Crippen LogP contribution in [-0.4, -0.2) is 36.7 Å². The molecule has 4 heterocycles. The number of nitrogens with zero attached hydrogens (tertiary/aromatic N) is 6. The third-order valence-electron chi connectivity index (χ3n) is 6.44. The predicted octanol–water partition coefficient (Wildman–Crippen LogP) is 4.71. The lowest BCUT2D eigenvalue weighted by Gasteiger charge is -2.15. The highest BCUT2D eigenvalue weighted by atomic mass is 16.2. The maximum absolute atomic E-state index is 13.0. The van der Waals surface area contributed by atoms with E-state index < -0.39 is 5.41 Å². The molecule has 0 aromatic carbocycles. The summed E-state index contributed by atoms with van der Waals surface area (Å²) in [7, 11) is 0. The van der Waals surface area contributed by atoms with Gasteiger partial charge in [-0.1, -0.05) is 6.07 Å². The van der Waals surface area contributed by atoms with E-state index in [1.807, 2.05) is 31.2 Å². The molecule has 2 N–H and O–H groups in total. The molecule has 194 valence electrons. The van der Waals surface area contributed by atoms with Crippen LogP contribution >= 0.6 is 0 Å². The second kappa shape index (κ2) is 10.4. The van der Waals surface area contributed by atoms with Crippen LogP contribution in [0.3, 0.4) is 0 Å². The van der Waals surface area contributed by atoms with Gasteiger partial charge >= 0.3 is 0 Å². The second-order valence-corrected chi connectivity index (χ2v) is 9.94. The molecule has 1 aliphatic carbocycles. The molecule has 0 spiro atoms. The number of amides is 2. The number of rotatable bonds is 7. The summed E-state index contributed by atoms with van der Waals surface area (Å²) < 4.78 is 0. The molecule has 2 amide bonds. The van der Waals surface area contributed by atoms with Crippen molar-refractivity contribution in [1.29, 1.82) is 5.26 Å². The lowest BCUT2D eigenvalue weighted by Crippen LogP contribution is -2.18. The molecule has 10 nitrogen and oxygen atoms in total. The van der Waals surface area contributed by atoms with Crippen molar-refractivity contribution in [2.75, 3.05) is 10.6 Å². The Morgan fingerprint density at radius 1 is 0.974 bits per heavy atom. The normalized spacial score (nSPS) is 12.9. The SMILES string of the molecule is Cc1ncc(NC(=O)c2ccnc(C(C)(C)C#N)c2)cc1-c1cccc(-c2cc(NC(=O)C3CC3)ncn2)n1. The van der Waals surface area contributed by atoms with E-state index in [0.717, 1.165) is 24.1 Å². The highest BCUT2D eigenvalue weighted by Gasteiger charge is 2.30. The van der Waals surface area contributed by atoms with E-state index in [-0.39, 0.29) is 17.7 Å². The van der Waals surface area contributed by atoms with Gasteiger partial charge < -0.3 is 10.6 Å². The summed E-state index contributed by atoms with van der Waals surface area (Å²) in [6, 6.07) is 14.5. The van der Waals surface area contributed by atoms with Crippen LogP contribution in [0.15, 0.2) is 61.2 Å². The molecule has 1 saturated carbocycles. The average molecular weight is 519 g/mol. The summed E-state index contributed by atoms with van der Waals surface area (Å²) in [5, 5.41) is 15.1. The van der Waals surface area contributed by atoms with Crippen LogP contribution in [-0.2, 0) is 10.2 Å². The van der Waals surface area contributed by atoms with E-state index in [1.165, 1.54) is 12.5 Å². The fraction of sp³-hybridized carbons (Fsp3) is 0.241. The van der Waals surface area contributed by atoms with Crippen molar-refractivity contribution in [2.45, 2.75) is 39.0 Å². The van der Waals surface area contributed by atoms with Gasteiger partial charge in [-0.25, -0.2) is 15.0 Å². The van der Waals surface area contributed by atoms with Crippen molar-refractivity contribution < 1.29 is 9.59 Å². The molecule has 1 aliphatic rings. The lowest BCUT2D eigenvalue weighted by molar-refractivity contribution is -0.117. The standard InChI is InChI=1S/C29H26N8O2/c1-17-21(12-20(14-32-17)35-28(39)19-9-10-31-25(11-19)29(2,3)15-30)22-5-4-6-23(36-22)24-13-26(34-16-33-24)37-27(38)18-7-8-18/h4-6,9-14,16,18H,7-8H2,1-3H3,(H,35,39)(H,33,34,37,38). The van der Waals surface area contributed by atoms with Crippen LogP contribution < -0.4 is 10.6 Å².